The molecule has 2 aromatic rings. The smallest absolute Gasteiger partial charge is 0.227 e. The third-order valence-electron chi connectivity index (χ3n) is 3.86. The zero-order valence-electron chi connectivity index (χ0n) is 13.9. The number of aryl methyl sites for hydroxylation is 2. The topological polar surface area (TPSA) is 54.5 Å². The molecule has 0 heterocycles. The summed E-state index contributed by atoms with van der Waals surface area (Å²) in [5, 5.41) is 0. The molecule has 4 nitrogen and oxygen atoms in total. The van der Waals surface area contributed by atoms with Gasteiger partial charge >= 0.3 is 0 Å². The molecule has 2 aromatic carbocycles. The number of hydrogen-bond donors (Lipinski definition) is 0. The summed E-state index contributed by atoms with van der Waals surface area (Å²) in [6, 6.07) is 12.3. The molecular formula is C18H20BrNO3S. The lowest BCUT2D eigenvalue weighted by molar-refractivity contribution is -0.117. The molecule has 0 saturated heterocycles. The van der Waals surface area contributed by atoms with Crippen LogP contribution in [0.4, 0.5) is 5.69 Å². The van der Waals surface area contributed by atoms with Crippen molar-refractivity contribution in [1.29, 1.82) is 0 Å². The number of carbonyl (C=O) groups is 1. The fraction of sp³-hybridized carbons (Fsp3) is 0.278. The molecule has 2 rings (SSSR count). The maximum Gasteiger partial charge on any atom is 0.227 e. The number of anilines is 1. The molecule has 0 aliphatic heterocycles. The van der Waals surface area contributed by atoms with Crippen LogP contribution >= 0.6 is 15.9 Å². The van der Waals surface area contributed by atoms with Crippen LogP contribution in [0.25, 0.3) is 0 Å². The van der Waals surface area contributed by atoms with E-state index in [1.165, 1.54) is 4.90 Å². The fourth-order valence-corrected chi connectivity index (χ4v) is 4.09. The highest BCUT2D eigenvalue weighted by Crippen LogP contribution is 2.23. The molecule has 0 aliphatic carbocycles. The van der Waals surface area contributed by atoms with Gasteiger partial charge in [-0.2, -0.15) is 0 Å². The van der Waals surface area contributed by atoms with Gasteiger partial charge in [-0.15, -0.1) is 0 Å². The Morgan fingerprint density at radius 3 is 2.29 bits per heavy atom. The Labute approximate surface area is 151 Å². The third-order valence-corrected chi connectivity index (χ3v) is 6.08. The number of benzene rings is 2. The standard InChI is InChI=1S/C18H20BrNO3S/c1-13-4-7-16(8-5-13)24(22,23)11-10-18(21)20(3)17-9-6-15(19)12-14(17)2/h4-9,12H,10-11H2,1-3H3. The molecule has 1 amide bonds. The highest BCUT2D eigenvalue weighted by molar-refractivity contribution is 9.10. The van der Waals surface area contributed by atoms with Crippen molar-refractivity contribution in [3.63, 3.8) is 0 Å². The molecule has 0 unspecified atom stereocenters. The van der Waals surface area contributed by atoms with E-state index in [1.807, 2.05) is 32.0 Å². The Hall–Kier alpha value is -1.66. The van der Waals surface area contributed by atoms with Crippen LogP contribution in [0.3, 0.4) is 0 Å². The van der Waals surface area contributed by atoms with E-state index in [0.717, 1.165) is 21.3 Å². The van der Waals surface area contributed by atoms with Crippen LogP contribution in [0, 0.1) is 13.8 Å². The Morgan fingerprint density at radius 1 is 1.08 bits per heavy atom. The summed E-state index contributed by atoms with van der Waals surface area (Å²) in [4.78, 5) is 14.1. The monoisotopic (exact) mass is 409 g/mol. The second kappa shape index (κ2) is 7.49. The molecule has 0 spiro atoms. The van der Waals surface area contributed by atoms with Crippen molar-refractivity contribution in [3.05, 3.63) is 58.1 Å². The summed E-state index contributed by atoms with van der Waals surface area (Å²) in [6.07, 6.45) is -0.0534. The highest BCUT2D eigenvalue weighted by Gasteiger charge is 2.19. The van der Waals surface area contributed by atoms with Gasteiger partial charge in [0.25, 0.3) is 0 Å². The Balaban J connectivity index is 2.08. The highest BCUT2D eigenvalue weighted by atomic mass is 79.9. The van der Waals surface area contributed by atoms with E-state index in [4.69, 9.17) is 0 Å². The molecule has 24 heavy (non-hydrogen) atoms. The van der Waals surface area contributed by atoms with Gasteiger partial charge in [-0.3, -0.25) is 4.79 Å². The molecule has 0 fully saturated rings. The van der Waals surface area contributed by atoms with Gasteiger partial charge in [0.15, 0.2) is 9.84 Å². The fourth-order valence-electron chi connectivity index (χ4n) is 2.38. The first-order valence-corrected chi connectivity index (χ1v) is 9.97. The number of hydrogen-bond acceptors (Lipinski definition) is 3. The van der Waals surface area contributed by atoms with Crippen molar-refractivity contribution < 1.29 is 13.2 Å². The van der Waals surface area contributed by atoms with Crippen LogP contribution in [-0.2, 0) is 14.6 Å². The van der Waals surface area contributed by atoms with Gasteiger partial charge in [-0.1, -0.05) is 33.6 Å². The third kappa shape index (κ3) is 4.45. The van der Waals surface area contributed by atoms with Crippen molar-refractivity contribution in [3.8, 4) is 0 Å². The predicted octanol–water partition coefficient (Wildman–Crippen LogP) is 3.89. The summed E-state index contributed by atoms with van der Waals surface area (Å²) >= 11 is 3.39. The molecule has 128 valence electrons. The van der Waals surface area contributed by atoms with Crippen LogP contribution in [0.2, 0.25) is 0 Å². The van der Waals surface area contributed by atoms with E-state index in [0.29, 0.717) is 0 Å². The molecule has 0 bridgehead atoms. The van der Waals surface area contributed by atoms with E-state index < -0.39 is 9.84 Å². The zero-order valence-corrected chi connectivity index (χ0v) is 16.3. The van der Waals surface area contributed by atoms with Crippen molar-refractivity contribution in [2.24, 2.45) is 0 Å². The van der Waals surface area contributed by atoms with Crippen molar-refractivity contribution >= 4 is 37.4 Å². The molecule has 0 aliphatic rings. The molecule has 0 aromatic heterocycles. The van der Waals surface area contributed by atoms with Crippen LogP contribution in [-0.4, -0.2) is 27.1 Å². The molecular weight excluding hydrogens is 390 g/mol. The summed E-state index contributed by atoms with van der Waals surface area (Å²) in [5.74, 6) is -0.425. The van der Waals surface area contributed by atoms with Crippen LogP contribution in [0.15, 0.2) is 51.8 Å². The Bertz CT molecular complexity index is 845. The normalized spacial score (nSPS) is 11.3. The molecule has 6 heteroatoms. The van der Waals surface area contributed by atoms with Crippen LogP contribution in [0.5, 0.6) is 0 Å². The van der Waals surface area contributed by atoms with Gasteiger partial charge in [0.1, 0.15) is 0 Å². The lowest BCUT2D eigenvalue weighted by Crippen LogP contribution is -2.28. The minimum atomic E-state index is -3.46. The van der Waals surface area contributed by atoms with Gasteiger partial charge in [-0.25, -0.2) is 8.42 Å². The lowest BCUT2D eigenvalue weighted by Gasteiger charge is -2.19. The maximum atomic E-state index is 12.4. The molecule has 0 atom stereocenters. The van der Waals surface area contributed by atoms with E-state index in [1.54, 1.807) is 31.3 Å². The predicted molar refractivity (Wildman–Crippen MR) is 100 cm³/mol. The lowest BCUT2D eigenvalue weighted by atomic mass is 10.2. The summed E-state index contributed by atoms with van der Waals surface area (Å²) in [5.41, 5.74) is 2.72. The quantitative estimate of drug-likeness (QED) is 0.752. The minimum Gasteiger partial charge on any atom is -0.315 e. The van der Waals surface area contributed by atoms with Crippen molar-refractivity contribution in [2.75, 3.05) is 17.7 Å². The van der Waals surface area contributed by atoms with E-state index in [2.05, 4.69) is 15.9 Å². The maximum absolute atomic E-state index is 12.4. The molecule has 0 saturated carbocycles. The van der Waals surface area contributed by atoms with Gasteiger partial charge in [0, 0.05) is 23.6 Å². The molecule has 0 radical (unpaired) electrons. The average Bonchev–Trinajstić information content (AvgIpc) is 2.52. The van der Waals surface area contributed by atoms with E-state index in [-0.39, 0.29) is 23.0 Å². The number of rotatable bonds is 5. The first-order chi connectivity index (χ1) is 11.2. The van der Waals surface area contributed by atoms with Crippen molar-refractivity contribution in [2.45, 2.75) is 25.2 Å². The second-order valence-electron chi connectivity index (χ2n) is 5.77. The Kier molecular flexibility index (Phi) is 5.83. The van der Waals surface area contributed by atoms with E-state index >= 15 is 0 Å². The second-order valence-corrected chi connectivity index (χ2v) is 8.79. The number of halogens is 1. The minimum absolute atomic E-state index is 0.0534. The van der Waals surface area contributed by atoms with E-state index in [9.17, 15) is 13.2 Å². The van der Waals surface area contributed by atoms with Gasteiger partial charge in [0.2, 0.25) is 5.91 Å². The summed E-state index contributed by atoms with van der Waals surface area (Å²) in [7, 11) is -1.80. The number of amides is 1. The summed E-state index contributed by atoms with van der Waals surface area (Å²) < 4.78 is 25.6. The first kappa shape index (κ1) is 18.7. The zero-order chi connectivity index (χ0) is 17.9. The summed E-state index contributed by atoms with van der Waals surface area (Å²) in [6.45, 7) is 3.81. The van der Waals surface area contributed by atoms with Gasteiger partial charge < -0.3 is 4.90 Å². The first-order valence-electron chi connectivity index (χ1n) is 7.53. The number of sulfone groups is 1. The Morgan fingerprint density at radius 2 is 1.71 bits per heavy atom. The van der Waals surface area contributed by atoms with Gasteiger partial charge in [-0.05, 0) is 49.7 Å². The van der Waals surface area contributed by atoms with Crippen molar-refractivity contribution in [1.82, 2.24) is 0 Å². The van der Waals surface area contributed by atoms with Crippen LogP contribution in [0.1, 0.15) is 17.5 Å². The number of nitrogens with zero attached hydrogens (tertiary/aromatic N) is 1. The van der Waals surface area contributed by atoms with Gasteiger partial charge in [0.05, 0.1) is 10.6 Å². The number of carbonyl (C=O) groups excluding carboxylic acids is 1. The SMILES string of the molecule is Cc1ccc(S(=O)(=O)CCC(=O)N(C)c2ccc(Br)cc2C)cc1. The molecule has 0 N–H and O–H groups in total. The average molecular weight is 410 g/mol. The van der Waals surface area contributed by atoms with Crippen LogP contribution < -0.4 is 4.90 Å². The largest absolute Gasteiger partial charge is 0.315 e.